The number of aromatic nitrogens is 1. The van der Waals surface area contributed by atoms with Gasteiger partial charge in [0.2, 0.25) is 5.01 Å². The summed E-state index contributed by atoms with van der Waals surface area (Å²) in [5, 5.41) is 3.98. The second-order valence-electron chi connectivity index (χ2n) is 16.4. The number of hydrogen-bond donors (Lipinski definition) is 0. The van der Waals surface area contributed by atoms with Gasteiger partial charge < -0.3 is 14.2 Å². The first kappa shape index (κ1) is 44.7. The minimum atomic E-state index is -2.02. The molecular weight excluding hydrogens is 775 g/mol. The summed E-state index contributed by atoms with van der Waals surface area (Å²) in [7, 11) is -0.281. The van der Waals surface area contributed by atoms with Crippen LogP contribution < -0.4 is 10.4 Å². The molecule has 4 aromatic rings. The second-order valence-corrected chi connectivity index (χ2v) is 24.9. The molecule has 0 N–H and O–H groups in total. The normalized spacial score (nSPS) is 16.8. The zero-order valence-electron chi connectivity index (χ0n) is 35.2. The first-order chi connectivity index (χ1) is 26.7. The minimum Gasteiger partial charge on any atom is -0.460 e. The van der Waals surface area contributed by atoms with E-state index in [0.717, 1.165) is 67.6 Å². The van der Waals surface area contributed by atoms with Crippen molar-refractivity contribution >= 4 is 80.0 Å². The van der Waals surface area contributed by atoms with Crippen LogP contribution in [0.15, 0.2) is 12.1 Å². The molecule has 5 rings (SSSR count). The van der Waals surface area contributed by atoms with Gasteiger partial charge in [0, 0.05) is 44.0 Å². The SMILES string of the molecule is CCCCC(CC)C[Si]1(CC(CC)CCCC)c2cc(C)sc2-c2sc(-c3sc(C)c4nc(C(=O)OCCCCCCCCOCC(C)COC)sc34)cc21. The van der Waals surface area contributed by atoms with Crippen molar-refractivity contribution in [3.8, 4) is 19.5 Å². The van der Waals surface area contributed by atoms with E-state index in [4.69, 9.17) is 19.2 Å². The molecule has 0 amide bonds. The predicted molar refractivity (Wildman–Crippen MR) is 245 cm³/mol. The Hall–Kier alpha value is -1.40. The fourth-order valence-corrected chi connectivity index (χ4v) is 21.5. The minimum absolute atomic E-state index is 0.273. The molecule has 55 heavy (non-hydrogen) atoms. The van der Waals surface area contributed by atoms with Crippen molar-refractivity contribution in [3.05, 3.63) is 26.9 Å². The molecule has 1 aliphatic rings. The highest BCUT2D eigenvalue weighted by Crippen LogP contribution is 2.50. The Balaban J connectivity index is 1.29. The van der Waals surface area contributed by atoms with E-state index < -0.39 is 8.07 Å². The van der Waals surface area contributed by atoms with Gasteiger partial charge in [-0.2, -0.15) is 0 Å². The van der Waals surface area contributed by atoms with E-state index in [9.17, 15) is 4.79 Å². The third-order valence-corrected chi connectivity index (χ3v) is 22.3. The van der Waals surface area contributed by atoms with Crippen LogP contribution in [-0.2, 0) is 14.2 Å². The number of fused-ring (bicyclic) bond motifs is 4. The predicted octanol–water partition coefficient (Wildman–Crippen LogP) is 13.5. The molecule has 1 aliphatic heterocycles. The van der Waals surface area contributed by atoms with Crippen LogP contribution in [-0.4, -0.2) is 52.6 Å². The highest BCUT2D eigenvalue weighted by Gasteiger charge is 2.49. The lowest BCUT2D eigenvalue weighted by molar-refractivity contribution is 0.0497. The molecule has 0 bridgehead atoms. The first-order valence-corrected chi connectivity index (χ1v) is 27.3. The number of carbonyl (C=O) groups excluding carboxylic acids is 1. The number of rotatable bonds is 27. The maximum absolute atomic E-state index is 13.3. The number of hydrogen-bond acceptors (Lipinski definition) is 9. The van der Waals surface area contributed by atoms with Crippen LogP contribution >= 0.6 is 45.3 Å². The Kier molecular flexibility index (Phi) is 18.0. The molecule has 0 fully saturated rings. The summed E-state index contributed by atoms with van der Waals surface area (Å²) >= 11 is 7.46. The molecule has 0 spiro atoms. The van der Waals surface area contributed by atoms with Gasteiger partial charge in [-0.15, -0.1) is 45.3 Å². The Bertz CT molecular complexity index is 1750. The van der Waals surface area contributed by atoms with Crippen molar-refractivity contribution in [3.63, 3.8) is 0 Å². The van der Waals surface area contributed by atoms with Crippen molar-refractivity contribution in [2.45, 2.75) is 150 Å². The van der Waals surface area contributed by atoms with Crippen LogP contribution in [0.1, 0.15) is 144 Å². The van der Waals surface area contributed by atoms with Crippen LogP contribution in [0, 0.1) is 31.6 Å². The number of esters is 1. The van der Waals surface area contributed by atoms with Gasteiger partial charge in [0.05, 0.1) is 34.9 Å². The average molecular weight is 844 g/mol. The van der Waals surface area contributed by atoms with E-state index in [-0.39, 0.29) is 5.97 Å². The van der Waals surface area contributed by atoms with E-state index in [1.165, 1.54) is 107 Å². The molecule has 10 heteroatoms. The van der Waals surface area contributed by atoms with Crippen LogP contribution in [0.5, 0.6) is 0 Å². The number of ether oxygens (including phenoxy) is 3. The summed E-state index contributed by atoms with van der Waals surface area (Å²) in [4.78, 5) is 26.6. The molecule has 3 atom stereocenters. The highest BCUT2D eigenvalue weighted by molar-refractivity contribution is 7.33. The number of unbranched alkanes of at least 4 members (excludes halogenated alkanes) is 7. The Labute approximate surface area is 350 Å². The molecule has 0 aliphatic carbocycles. The van der Waals surface area contributed by atoms with Crippen LogP contribution in [0.3, 0.4) is 0 Å². The molecule has 0 saturated heterocycles. The Morgan fingerprint density at radius 1 is 0.745 bits per heavy atom. The first-order valence-electron chi connectivity index (χ1n) is 21.6. The van der Waals surface area contributed by atoms with Crippen molar-refractivity contribution in [2.24, 2.45) is 17.8 Å². The van der Waals surface area contributed by atoms with E-state index >= 15 is 0 Å². The third kappa shape index (κ3) is 11.2. The van der Waals surface area contributed by atoms with Crippen LogP contribution in [0.2, 0.25) is 12.1 Å². The van der Waals surface area contributed by atoms with Crippen molar-refractivity contribution in [1.29, 1.82) is 0 Å². The van der Waals surface area contributed by atoms with Gasteiger partial charge in [-0.05, 0) is 73.1 Å². The maximum atomic E-state index is 13.3. The van der Waals surface area contributed by atoms with Crippen LogP contribution in [0.4, 0.5) is 0 Å². The zero-order chi connectivity index (χ0) is 39.4. The fraction of sp³-hybridized carbons (Fsp3) is 0.689. The number of carbonyl (C=O) groups is 1. The molecule has 5 heterocycles. The van der Waals surface area contributed by atoms with Crippen molar-refractivity contribution < 1.29 is 19.0 Å². The van der Waals surface area contributed by atoms with Gasteiger partial charge in [-0.3, -0.25) is 0 Å². The van der Waals surface area contributed by atoms with Crippen molar-refractivity contribution in [2.75, 3.05) is 33.5 Å². The quantitative estimate of drug-likeness (QED) is 0.0340. The lowest BCUT2D eigenvalue weighted by atomic mass is 10.0. The smallest absolute Gasteiger partial charge is 0.367 e. The van der Waals surface area contributed by atoms with E-state index in [2.05, 4.69) is 60.6 Å². The molecule has 0 saturated carbocycles. The molecule has 3 unspecified atom stereocenters. The second kappa shape index (κ2) is 22.1. The number of methoxy groups -OCH3 is 1. The maximum Gasteiger partial charge on any atom is 0.367 e. The standard InChI is InChI=1S/C45H69NO4S4Si/c1-9-13-21-34(11-3)29-55(30-35(12-4)22-14-10-2)37-25-32(6)51-41(37)42-38(55)26-36(53-42)40-43-39(33(7)52-40)46-44(54-43)45(47)50-24-20-18-16-15-17-19-23-49-28-31(5)27-48-8/h25-26,31,34-35H,9-24,27-30H2,1-8H3. The molecule has 4 aromatic heterocycles. The third-order valence-electron chi connectivity index (χ3n) is 11.8. The summed E-state index contributed by atoms with van der Waals surface area (Å²) in [6.07, 6.45) is 17.1. The zero-order valence-corrected chi connectivity index (χ0v) is 39.5. The molecule has 5 nitrogen and oxygen atoms in total. The van der Waals surface area contributed by atoms with Gasteiger partial charge >= 0.3 is 5.97 Å². The Morgan fingerprint density at radius 3 is 2.00 bits per heavy atom. The monoisotopic (exact) mass is 843 g/mol. The number of nitrogens with zero attached hydrogens (tertiary/aromatic N) is 1. The van der Waals surface area contributed by atoms with E-state index in [1.54, 1.807) is 27.2 Å². The lowest BCUT2D eigenvalue weighted by Crippen LogP contribution is -2.56. The summed E-state index contributed by atoms with van der Waals surface area (Å²) in [5.74, 6) is 1.74. The van der Waals surface area contributed by atoms with Crippen molar-refractivity contribution in [1.82, 2.24) is 4.98 Å². The fourth-order valence-electron chi connectivity index (χ4n) is 8.67. The van der Waals surface area contributed by atoms with Gasteiger partial charge in [0.15, 0.2) is 0 Å². The topological polar surface area (TPSA) is 57.7 Å². The molecule has 0 aromatic carbocycles. The van der Waals surface area contributed by atoms with E-state index in [1.807, 2.05) is 34.0 Å². The summed E-state index contributed by atoms with van der Waals surface area (Å²) in [5.41, 5.74) is 0.982. The highest BCUT2D eigenvalue weighted by atomic mass is 32.1. The van der Waals surface area contributed by atoms with Gasteiger partial charge in [0.1, 0.15) is 8.07 Å². The lowest BCUT2D eigenvalue weighted by Gasteiger charge is -2.35. The summed E-state index contributed by atoms with van der Waals surface area (Å²) < 4.78 is 17.9. The van der Waals surface area contributed by atoms with E-state index in [0.29, 0.717) is 17.5 Å². The number of aryl methyl sites for hydroxylation is 2. The largest absolute Gasteiger partial charge is 0.460 e. The van der Waals surface area contributed by atoms with Gasteiger partial charge in [-0.25, -0.2) is 9.78 Å². The molecule has 0 radical (unpaired) electrons. The number of thiophene rings is 3. The average Bonchev–Trinajstić information content (AvgIpc) is 3.99. The van der Waals surface area contributed by atoms with Crippen LogP contribution in [0.25, 0.3) is 29.7 Å². The number of thiazole rings is 1. The van der Waals surface area contributed by atoms with Gasteiger partial charge in [0.25, 0.3) is 0 Å². The Morgan fingerprint density at radius 2 is 1.36 bits per heavy atom. The summed E-state index contributed by atoms with van der Waals surface area (Å²) in [6.45, 7) is 19.0. The molecular formula is C45H69NO4S4Si. The molecule has 306 valence electrons. The summed E-state index contributed by atoms with van der Waals surface area (Å²) in [6, 6.07) is 8.04. The van der Waals surface area contributed by atoms with Gasteiger partial charge in [-0.1, -0.05) is 112 Å².